The highest BCUT2D eigenvalue weighted by atomic mass is 32.2. The van der Waals surface area contributed by atoms with Gasteiger partial charge in [0.15, 0.2) is 0 Å². The maximum absolute atomic E-state index is 12.5. The predicted molar refractivity (Wildman–Crippen MR) is 109 cm³/mol. The molecule has 1 heterocycles. The zero-order chi connectivity index (χ0) is 20.1. The van der Waals surface area contributed by atoms with Gasteiger partial charge in [0.2, 0.25) is 0 Å². The number of thioether (sulfide) groups is 1. The molecule has 1 saturated heterocycles. The monoisotopic (exact) mass is 396 g/mol. The number of nitrogens with zero attached hydrogens (tertiary/aromatic N) is 1. The van der Waals surface area contributed by atoms with E-state index >= 15 is 0 Å². The molecule has 6 nitrogen and oxygen atoms in total. The Morgan fingerprint density at radius 1 is 1.11 bits per heavy atom. The lowest BCUT2D eigenvalue weighted by Crippen LogP contribution is -2.30. The number of hydrogen-bond acceptors (Lipinski definition) is 5. The maximum Gasteiger partial charge on any atom is 0.290 e. The summed E-state index contributed by atoms with van der Waals surface area (Å²) in [6.07, 6.45) is 1.62. The summed E-state index contributed by atoms with van der Waals surface area (Å²) in [7, 11) is 1.72. The zero-order valence-corrected chi connectivity index (χ0v) is 16.4. The van der Waals surface area contributed by atoms with Crippen LogP contribution in [0.2, 0.25) is 0 Å². The van der Waals surface area contributed by atoms with Crippen LogP contribution in [0.25, 0.3) is 6.08 Å². The van der Waals surface area contributed by atoms with Crippen LogP contribution in [-0.4, -0.2) is 42.2 Å². The molecule has 144 valence electrons. The van der Waals surface area contributed by atoms with E-state index in [-0.39, 0.29) is 11.1 Å². The molecule has 1 aliphatic rings. The van der Waals surface area contributed by atoms with E-state index in [9.17, 15) is 14.4 Å². The van der Waals surface area contributed by atoms with Crippen molar-refractivity contribution in [2.45, 2.75) is 6.92 Å². The van der Waals surface area contributed by atoms with Crippen molar-refractivity contribution >= 4 is 34.9 Å². The van der Waals surface area contributed by atoms with Crippen LogP contribution in [-0.2, 0) is 4.79 Å². The third-order valence-electron chi connectivity index (χ3n) is 4.16. The average molecular weight is 396 g/mol. The number of ether oxygens (including phenoxy) is 1. The van der Waals surface area contributed by atoms with Gasteiger partial charge in [-0.05, 0) is 54.6 Å². The number of amides is 3. The molecule has 0 spiro atoms. The number of carbonyl (C=O) groups excluding carboxylic acids is 3. The highest BCUT2D eigenvalue weighted by Crippen LogP contribution is 2.25. The maximum atomic E-state index is 12.5. The van der Waals surface area contributed by atoms with Crippen molar-refractivity contribution in [2.24, 2.45) is 0 Å². The molecular formula is C21H20N2O4S. The SMILES string of the molecule is Cc1ccc(OCCN(C)C(=O)c2ccc(/C=C3\SC(=O)NC3=O)cc2)cc1. The van der Waals surface area contributed by atoms with Crippen molar-refractivity contribution in [3.8, 4) is 5.75 Å². The molecule has 7 heteroatoms. The molecule has 0 saturated carbocycles. The number of benzene rings is 2. The molecule has 2 aromatic carbocycles. The number of rotatable bonds is 6. The van der Waals surface area contributed by atoms with Crippen LogP contribution in [0.3, 0.4) is 0 Å². The molecule has 1 fully saturated rings. The van der Waals surface area contributed by atoms with Gasteiger partial charge in [-0.2, -0.15) is 0 Å². The quantitative estimate of drug-likeness (QED) is 0.757. The first-order valence-electron chi connectivity index (χ1n) is 8.72. The molecule has 0 aliphatic carbocycles. The number of nitrogens with one attached hydrogen (secondary N) is 1. The largest absolute Gasteiger partial charge is 0.492 e. The van der Waals surface area contributed by atoms with Gasteiger partial charge >= 0.3 is 0 Å². The Labute approximate surface area is 167 Å². The van der Waals surface area contributed by atoms with Gasteiger partial charge in [-0.15, -0.1) is 0 Å². The first-order valence-corrected chi connectivity index (χ1v) is 9.54. The summed E-state index contributed by atoms with van der Waals surface area (Å²) < 4.78 is 5.66. The number of likely N-dealkylation sites (N-methyl/N-ethyl adjacent to an activating group) is 1. The lowest BCUT2D eigenvalue weighted by atomic mass is 10.1. The fraction of sp³-hybridized carbons (Fsp3) is 0.190. The standard InChI is InChI=1S/C21H20N2O4S/c1-14-3-9-17(10-4-14)27-12-11-23(2)20(25)16-7-5-15(6-8-16)13-18-19(24)22-21(26)28-18/h3-10,13H,11-12H2,1-2H3,(H,22,24,26)/b18-13-. The van der Waals surface area contributed by atoms with Gasteiger partial charge in [0.05, 0.1) is 11.4 Å². The van der Waals surface area contributed by atoms with E-state index in [0.717, 1.165) is 28.6 Å². The fourth-order valence-electron chi connectivity index (χ4n) is 2.55. The molecule has 0 atom stereocenters. The Hall–Kier alpha value is -3.06. The van der Waals surface area contributed by atoms with E-state index in [1.807, 2.05) is 31.2 Å². The lowest BCUT2D eigenvalue weighted by Gasteiger charge is -2.17. The first kappa shape index (κ1) is 19.7. The summed E-state index contributed by atoms with van der Waals surface area (Å²) in [4.78, 5) is 37.2. The Morgan fingerprint density at radius 3 is 2.39 bits per heavy atom. The number of imide groups is 1. The summed E-state index contributed by atoms with van der Waals surface area (Å²) in [5.74, 6) is 0.259. The van der Waals surface area contributed by atoms with Gasteiger partial charge in [-0.25, -0.2) is 0 Å². The summed E-state index contributed by atoms with van der Waals surface area (Å²) >= 11 is 0.864. The summed E-state index contributed by atoms with van der Waals surface area (Å²) in [6, 6.07) is 14.6. The lowest BCUT2D eigenvalue weighted by molar-refractivity contribution is -0.115. The Balaban J connectivity index is 1.54. The van der Waals surface area contributed by atoms with Gasteiger partial charge < -0.3 is 9.64 Å². The number of hydrogen-bond donors (Lipinski definition) is 1. The van der Waals surface area contributed by atoms with Crippen LogP contribution in [0.15, 0.2) is 53.4 Å². The second-order valence-electron chi connectivity index (χ2n) is 6.36. The van der Waals surface area contributed by atoms with E-state index in [1.54, 1.807) is 42.3 Å². The van der Waals surface area contributed by atoms with Crippen molar-refractivity contribution in [1.82, 2.24) is 10.2 Å². The van der Waals surface area contributed by atoms with E-state index < -0.39 is 5.91 Å². The molecule has 3 amide bonds. The molecule has 1 N–H and O–H groups in total. The molecular weight excluding hydrogens is 376 g/mol. The molecule has 2 aromatic rings. The number of carbonyl (C=O) groups is 3. The van der Waals surface area contributed by atoms with Gasteiger partial charge in [0.1, 0.15) is 12.4 Å². The average Bonchev–Trinajstić information content (AvgIpc) is 3.00. The van der Waals surface area contributed by atoms with Crippen LogP contribution in [0, 0.1) is 6.92 Å². The van der Waals surface area contributed by atoms with E-state index in [1.165, 1.54) is 0 Å². The second kappa shape index (κ2) is 8.75. The van der Waals surface area contributed by atoms with Crippen molar-refractivity contribution < 1.29 is 19.1 Å². The molecule has 0 radical (unpaired) electrons. The summed E-state index contributed by atoms with van der Waals surface area (Å²) in [5.41, 5.74) is 2.45. The fourth-order valence-corrected chi connectivity index (χ4v) is 3.23. The van der Waals surface area contributed by atoms with Crippen LogP contribution >= 0.6 is 11.8 Å². The predicted octanol–water partition coefficient (Wildman–Crippen LogP) is 3.47. The van der Waals surface area contributed by atoms with Gasteiger partial charge in [0.25, 0.3) is 17.1 Å². The molecule has 0 unspecified atom stereocenters. The Kier molecular flexibility index (Phi) is 6.16. The third-order valence-corrected chi connectivity index (χ3v) is 4.97. The Bertz CT molecular complexity index is 920. The van der Waals surface area contributed by atoms with E-state index in [0.29, 0.717) is 23.6 Å². The van der Waals surface area contributed by atoms with Crippen LogP contribution in [0.4, 0.5) is 4.79 Å². The Morgan fingerprint density at radius 2 is 1.79 bits per heavy atom. The smallest absolute Gasteiger partial charge is 0.290 e. The molecule has 0 aromatic heterocycles. The minimum absolute atomic E-state index is 0.116. The molecule has 1 aliphatic heterocycles. The molecule has 3 rings (SSSR count). The van der Waals surface area contributed by atoms with Crippen molar-refractivity contribution in [2.75, 3.05) is 20.2 Å². The normalized spacial score (nSPS) is 14.9. The van der Waals surface area contributed by atoms with Gasteiger partial charge in [0, 0.05) is 12.6 Å². The first-order chi connectivity index (χ1) is 13.4. The minimum Gasteiger partial charge on any atom is -0.492 e. The van der Waals surface area contributed by atoms with Gasteiger partial charge in [-0.1, -0.05) is 29.8 Å². The van der Waals surface area contributed by atoms with Crippen molar-refractivity contribution in [3.63, 3.8) is 0 Å². The molecule has 28 heavy (non-hydrogen) atoms. The van der Waals surface area contributed by atoms with Crippen LogP contribution in [0.1, 0.15) is 21.5 Å². The van der Waals surface area contributed by atoms with E-state index in [4.69, 9.17) is 4.74 Å². The van der Waals surface area contributed by atoms with Crippen LogP contribution in [0.5, 0.6) is 5.75 Å². The second-order valence-corrected chi connectivity index (χ2v) is 7.38. The van der Waals surface area contributed by atoms with Crippen LogP contribution < -0.4 is 10.1 Å². The molecule has 0 bridgehead atoms. The van der Waals surface area contributed by atoms with Crippen molar-refractivity contribution in [3.05, 3.63) is 70.1 Å². The highest BCUT2D eigenvalue weighted by molar-refractivity contribution is 8.18. The zero-order valence-electron chi connectivity index (χ0n) is 15.6. The minimum atomic E-state index is -0.400. The van der Waals surface area contributed by atoms with E-state index in [2.05, 4.69) is 5.32 Å². The highest BCUT2D eigenvalue weighted by Gasteiger charge is 2.24. The summed E-state index contributed by atoms with van der Waals surface area (Å²) in [5, 5.41) is 1.83. The third kappa shape index (κ3) is 5.01. The van der Waals surface area contributed by atoms with Gasteiger partial charge in [-0.3, -0.25) is 19.7 Å². The summed E-state index contributed by atoms with van der Waals surface area (Å²) in [6.45, 7) is 2.87. The van der Waals surface area contributed by atoms with Crippen molar-refractivity contribution in [1.29, 1.82) is 0 Å². The topological polar surface area (TPSA) is 75.7 Å². The number of aryl methyl sites for hydroxylation is 1.